The molecule has 1 rings (SSSR count). The monoisotopic (exact) mass is 221 g/mol. The molecule has 3 heteroatoms. The van der Waals surface area contributed by atoms with Crippen LogP contribution in [-0.4, -0.2) is 37.4 Å². The standard InChI is InChI=1S/C13H19NO2/c1-10(2)14(3)9-13(15)11-5-7-12(16-4)8-6-11/h5-8,10H,9H2,1-4H3. The van der Waals surface area contributed by atoms with Crippen LogP contribution in [0.5, 0.6) is 5.75 Å². The molecule has 88 valence electrons. The molecule has 0 saturated heterocycles. The molecule has 0 aliphatic heterocycles. The normalized spacial score (nSPS) is 10.9. The van der Waals surface area contributed by atoms with E-state index in [0.29, 0.717) is 12.6 Å². The van der Waals surface area contributed by atoms with Gasteiger partial charge in [-0.3, -0.25) is 9.69 Å². The van der Waals surface area contributed by atoms with Gasteiger partial charge in [0.15, 0.2) is 5.78 Å². The average molecular weight is 221 g/mol. The van der Waals surface area contributed by atoms with Crippen LogP contribution in [-0.2, 0) is 0 Å². The molecule has 1 aromatic rings. The van der Waals surface area contributed by atoms with Crippen molar-refractivity contribution >= 4 is 5.78 Å². The van der Waals surface area contributed by atoms with E-state index < -0.39 is 0 Å². The van der Waals surface area contributed by atoms with E-state index >= 15 is 0 Å². The number of hydrogen-bond donors (Lipinski definition) is 0. The van der Waals surface area contributed by atoms with Crippen molar-refractivity contribution in [3.05, 3.63) is 29.8 Å². The van der Waals surface area contributed by atoms with Crippen molar-refractivity contribution in [3.8, 4) is 5.75 Å². The third kappa shape index (κ3) is 3.35. The molecule has 0 spiro atoms. The zero-order chi connectivity index (χ0) is 12.1. The van der Waals surface area contributed by atoms with E-state index in [4.69, 9.17) is 4.74 Å². The summed E-state index contributed by atoms with van der Waals surface area (Å²) in [6.45, 7) is 4.59. The highest BCUT2D eigenvalue weighted by Crippen LogP contribution is 2.12. The summed E-state index contributed by atoms with van der Waals surface area (Å²) in [5, 5.41) is 0. The van der Waals surface area contributed by atoms with Gasteiger partial charge in [-0.2, -0.15) is 0 Å². The zero-order valence-corrected chi connectivity index (χ0v) is 10.4. The summed E-state index contributed by atoms with van der Waals surface area (Å²) in [5.41, 5.74) is 0.730. The van der Waals surface area contributed by atoms with Crippen LogP contribution in [0.3, 0.4) is 0 Å². The van der Waals surface area contributed by atoms with Crippen LogP contribution in [0.15, 0.2) is 24.3 Å². The molecule has 0 unspecified atom stereocenters. The topological polar surface area (TPSA) is 29.5 Å². The Labute approximate surface area is 97.0 Å². The second-order valence-corrected chi connectivity index (χ2v) is 4.16. The lowest BCUT2D eigenvalue weighted by molar-refractivity contribution is 0.0929. The molecule has 0 aliphatic rings. The fourth-order valence-corrected chi connectivity index (χ4v) is 1.28. The van der Waals surface area contributed by atoms with Crippen molar-refractivity contribution in [1.82, 2.24) is 4.90 Å². The summed E-state index contributed by atoms with van der Waals surface area (Å²) < 4.78 is 5.05. The first kappa shape index (κ1) is 12.7. The third-order valence-corrected chi connectivity index (χ3v) is 2.69. The van der Waals surface area contributed by atoms with Gasteiger partial charge in [-0.15, -0.1) is 0 Å². The summed E-state index contributed by atoms with van der Waals surface area (Å²) in [7, 11) is 3.56. The number of ketones is 1. The van der Waals surface area contributed by atoms with Crippen LogP contribution < -0.4 is 4.74 Å². The molecule has 3 nitrogen and oxygen atoms in total. The predicted molar refractivity (Wildman–Crippen MR) is 65.1 cm³/mol. The second kappa shape index (κ2) is 5.66. The van der Waals surface area contributed by atoms with E-state index in [2.05, 4.69) is 13.8 Å². The fraction of sp³-hybridized carbons (Fsp3) is 0.462. The van der Waals surface area contributed by atoms with Gasteiger partial charge < -0.3 is 4.74 Å². The SMILES string of the molecule is COc1ccc(C(=O)CN(C)C(C)C)cc1. The van der Waals surface area contributed by atoms with Crippen molar-refractivity contribution in [3.63, 3.8) is 0 Å². The molecule has 1 aromatic carbocycles. The number of likely N-dealkylation sites (N-methyl/N-ethyl adjacent to an activating group) is 1. The van der Waals surface area contributed by atoms with Gasteiger partial charge >= 0.3 is 0 Å². The van der Waals surface area contributed by atoms with Gasteiger partial charge in [-0.05, 0) is 45.2 Å². The van der Waals surface area contributed by atoms with Gasteiger partial charge in [0.2, 0.25) is 0 Å². The van der Waals surface area contributed by atoms with Crippen molar-refractivity contribution in [2.75, 3.05) is 20.7 Å². The van der Waals surface area contributed by atoms with Gasteiger partial charge in [-0.25, -0.2) is 0 Å². The largest absolute Gasteiger partial charge is 0.497 e. The molecule has 0 atom stereocenters. The number of hydrogen-bond acceptors (Lipinski definition) is 3. The average Bonchev–Trinajstić information content (AvgIpc) is 2.28. The van der Waals surface area contributed by atoms with Crippen LogP contribution in [0, 0.1) is 0 Å². The van der Waals surface area contributed by atoms with Gasteiger partial charge in [-0.1, -0.05) is 0 Å². The Morgan fingerprint density at radius 3 is 2.31 bits per heavy atom. The number of benzene rings is 1. The number of carbonyl (C=O) groups excluding carboxylic acids is 1. The van der Waals surface area contributed by atoms with E-state index in [1.807, 2.05) is 24.1 Å². The second-order valence-electron chi connectivity index (χ2n) is 4.16. The Kier molecular flexibility index (Phi) is 4.50. The third-order valence-electron chi connectivity index (χ3n) is 2.69. The lowest BCUT2D eigenvalue weighted by Gasteiger charge is -2.19. The first-order valence-electron chi connectivity index (χ1n) is 5.42. The molecule has 0 fully saturated rings. The van der Waals surface area contributed by atoms with E-state index in [9.17, 15) is 4.79 Å². The van der Waals surface area contributed by atoms with E-state index in [1.54, 1.807) is 19.2 Å². The van der Waals surface area contributed by atoms with Crippen molar-refractivity contribution in [1.29, 1.82) is 0 Å². The molecule has 0 radical (unpaired) electrons. The van der Waals surface area contributed by atoms with Crippen molar-refractivity contribution in [2.45, 2.75) is 19.9 Å². The lowest BCUT2D eigenvalue weighted by Crippen LogP contribution is -2.31. The maximum Gasteiger partial charge on any atom is 0.176 e. The molecule has 0 aliphatic carbocycles. The van der Waals surface area contributed by atoms with Crippen LogP contribution in [0.4, 0.5) is 0 Å². The maximum absolute atomic E-state index is 11.9. The molecule has 0 amide bonds. The Morgan fingerprint density at radius 2 is 1.88 bits per heavy atom. The minimum Gasteiger partial charge on any atom is -0.497 e. The number of rotatable bonds is 5. The summed E-state index contributed by atoms with van der Waals surface area (Å²) in [4.78, 5) is 13.9. The molecular weight excluding hydrogens is 202 g/mol. The minimum atomic E-state index is 0.138. The van der Waals surface area contributed by atoms with E-state index in [1.165, 1.54) is 0 Å². The molecule has 16 heavy (non-hydrogen) atoms. The fourth-order valence-electron chi connectivity index (χ4n) is 1.28. The van der Waals surface area contributed by atoms with Crippen LogP contribution in [0.2, 0.25) is 0 Å². The molecule has 0 saturated carbocycles. The van der Waals surface area contributed by atoms with E-state index in [0.717, 1.165) is 11.3 Å². The highest BCUT2D eigenvalue weighted by molar-refractivity contribution is 5.97. The number of Topliss-reactive ketones (excluding diaryl/α,β-unsaturated/α-hetero) is 1. The highest BCUT2D eigenvalue weighted by Gasteiger charge is 2.11. The maximum atomic E-state index is 11.9. The minimum absolute atomic E-state index is 0.138. The van der Waals surface area contributed by atoms with Gasteiger partial charge in [0, 0.05) is 11.6 Å². The highest BCUT2D eigenvalue weighted by atomic mass is 16.5. The predicted octanol–water partition coefficient (Wildman–Crippen LogP) is 2.22. The summed E-state index contributed by atoms with van der Waals surface area (Å²) in [6.07, 6.45) is 0. The van der Waals surface area contributed by atoms with Crippen LogP contribution in [0.1, 0.15) is 24.2 Å². The quantitative estimate of drug-likeness (QED) is 0.714. The van der Waals surface area contributed by atoms with Crippen LogP contribution >= 0.6 is 0 Å². The first-order valence-corrected chi connectivity index (χ1v) is 5.42. The number of methoxy groups -OCH3 is 1. The molecule has 0 N–H and O–H groups in total. The first-order chi connectivity index (χ1) is 7.54. The van der Waals surface area contributed by atoms with Gasteiger partial charge in [0.05, 0.1) is 13.7 Å². The molecule has 0 heterocycles. The summed E-state index contributed by atoms with van der Waals surface area (Å²) in [6, 6.07) is 7.60. The Hall–Kier alpha value is -1.35. The number of ether oxygens (including phenoxy) is 1. The number of carbonyl (C=O) groups is 1. The molecule has 0 bridgehead atoms. The smallest absolute Gasteiger partial charge is 0.176 e. The summed E-state index contributed by atoms with van der Waals surface area (Å²) in [5.74, 6) is 0.910. The number of nitrogens with zero attached hydrogens (tertiary/aromatic N) is 1. The Balaban J connectivity index is 2.66. The molecular formula is C13H19NO2. The van der Waals surface area contributed by atoms with E-state index in [-0.39, 0.29) is 5.78 Å². The lowest BCUT2D eigenvalue weighted by atomic mass is 10.1. The Morgan fingerprint density at radius 1 is 1.31 bits per heavy atom. The van der Waals surface area contributed by atoms with Gasteiger partial charge in [0.1, 0.15) is 5.75 Å². The summed E-state index contributed by atoms with van der Waals surface area (Å²) >= 11 is 0. The van der Waals surface area contributed by atoms with Crippen LogP contribution in [0.25, 0.3) is 0 Å². The van der Waals surface area contributed by atoms with Crippen molar-refractivity contribution < 1.29 is 9.53 Å². The zero-order valence-electron chi connectivity index (χ0n) is 10.4. The van der Waals surface area contributed by atoms with Crippen molar-refractivity contribution in [2.24, 2.45) is 0 Å². The molecule has 0 aromatic heterocycles. The Bertz CT molecular complexity index is 343. The van der Waals surface area contributed by atoms with Gasteiger partial charge in [0.25, 0.3) is 0 Å².